The van der Waals surface area contributed by atoms with Crippen LogP contribution in [0.5, 0.6) is 0 Å². The molecule has 0 aliphatic carbocycles. The first kappa shape index (κ1) is 15.4. The average Bonchev–Trinajstić information content (AvgIpc) is 2.20. The maximum Gasteiger partial charge on any atom is 0.303 e. The third kappa shape index (κ3) is 5.86. The zero-order valence-electron chi connectivity index (χ0n) is 10.0. The number of carboxylic acid groups (broad SMARTS) is 1. The molecular weight excluding hydrogens is 226 g/mol. The molecule has 0 aliphatic rings. The van der Waals surface area contributed by atoms with Gasteiger partial charge < -0.3 is 21.5 Å². The lowest BCUT2D eigenvalue weighted by Crippen LogP contribution is -2.50. The van der Waals surface area contributed by atoms with Crippen LogP contribution in [-0.4, -0.2) is 46.4 Å². The lowest BCUT2D eigenvalue weighted by molar-refractivity contribution is -0.139. The maximum absolute atomic E-state index is 11.8. The van der Waals surface area contributed by atoms with E-state index in [1.165, 1.54) is 4.90 Å². The highest BCUT2D eigenvalue weighted by atomic mass is 16.4. The number of aliphatic carboxylic acids is 1. The van der Waals surface area contributed by atoms with E-state index < -0.39 is 23.8 Å². The second-order valence-corrected chi connectivity index (χ2v) is 4.07. The molecule has 0 bridgehead atoms. The number of rotatable bonds is 7. The average molecular weight is 245 g/mol. The van der Waals surface area contributed by atoms with Crippen LogP contribution in [0.15, 0.2) is 0 Å². The molecule has 0 saturated heterocycles. The lowest BCUT2D eigenvalue weighted by atomic mass is 10.1. The number of nitrogens with zero attached hydrogens (tertiary/aromatic N) is 1. The number of carbonyl (C=O) groups excluding carboxylic acids is 2. The van der Waals surface area contributed by atoms with E-state index >= 15 is 0 Å². The van der Waals surface area contributed by atoms with E-state index in [1.807, 2.05) is 0 Å². The van der Waals surface area contributed by atoms with E-state index in [2.05, 4.69) is 0 Å². The Balaban J connectivity index is 4.49. The highest BCUT2D eigenvalue weighted by molar-refractivity contribution is 5.87. The van der Waals surface area contributed by atoms with Crippen LogP contribution in [0.3, 0.4) is 0 Å². The lowest BCUT2D eigenvalue weighted by Gasteiger charge is -2.27. The van der Waals surface area contributed by atoms with E-state index in [0.29, 0.717) is 0 Å². The van der Waals surface area contributed by atoms with Crippen molar-refractivity contribution in [3.63, 3.8) is 0 Å². The summed E-state index contributed by atoms with van der Waals surface area (Å²) in [6.45, 7) is 3.24. The van der Waals surface area contributed by atoms with Gasteiger partial charge in [0.1, 0.15) is 0 Å². The largest absolute Gasteiger partial charge is 0.481 e. The molecule has 7 nitrogen and oxygen atoms in total. The van der Waals surface area contributed by atoms with Crippen molar-refractivity contribution in [2.45, 2.75) is 38.8 Å². The van der Waals surface area contributed by atoms with E-state index in [9.17, 15) is 14.4 Å². The molecule has 17 heavy (non-hydrogen) atoms. The van der Waals surface area contributed by atoms with Crippen molar-refractivity contribution in [2.75, 3.05) is 6.54 Å². The quantitative estimate of drug-likeness (QED) is 0.524. The molecule has 0 aliphatic heterocycles. The SMILES string of the molecule is CC(C)N(CC(N)=O)C(=O)C(N)CCC(=O)O. The van der Waals surface area contributed by atoms with Gasteiger partial charge in [-0.3, -0.25) is 14.4 Å². The summed E-state index contributed by atoms with van der Waals surface area (Å²) in [4.78, 5) is 34.2. The van der Waals surface area contributed by atoms with Gasteiger partial charge in [0.15, 0.2) is 0 Å². The van der Waals surface area contributed by atoms with E-state index in [1.54, 1.807) is 13.8 Å². The summed E-state index contributed by atoms with van der Waals surface area (Å²) < 4.78 is 0. The first-order valence-corrected chi connectivity index (χ1v) is 5.31. The minimum atomic E-state index is -1.01. The summed E-state index contributed by atoms with van der Waals surface area (Å²) in [5.74, 6) is -2.10. The third-order valence-corrected chi connectivity index (χ3v) is 2.22. The molecule has 1 atom stereocenters. The molecule has 0 rings (SSSR count). The first-order valence-electron chi connectivity index (χ1n) is 5.31. The first-order chi connectivity index (χ1) is 7.75. The smallest absolute Gasteiger partial charge is 0.303 e. The Kier molecular flexibility index (Phi) is 6.19. The van der Waals surface area contributed by atoms with Crippen LogP contribution in [0.25, 0.3) is 0 Å². The van der Waals surface area contributed by atoms with Crippen molar-refractivity contribution >= 4 is 17.8 Å². The second-order valence-electron chi connectivity index (χ2n) is 4.07. The minimum Gasteiger partial charge on any atom is -0.481 e. The van der Waals surface area contributed by atoms with Crippen LogP contribution in [0.2, 0.25) is 0 Å². The van der Waals surface area contributed by atoms with Crippen LogP contribution in [0.4, 0.5) is 0 Å². The fourth-order valence-corrected chi connectivity index (χ4v) is 1.30. The van der Waals surface area contributed by atoms with Gasteiger partial charge in [0.05, 0.1) is 12.6 Å². The van der Waals surface area contributed by atoms with Gasteiger partial charge in [-0.2, -0.15) is 0 Å². The molecular formula is C10H19N3O4. The normalized spacial score (nSPS) is 12.2. The molecule has 98 valence electrons. The molecule has 0 saturated carbocycles. The Morgan fingerprint density at radius 1 is 1.29 bits per heavy atom. The molecule has 0 radical (unpaired) electrons. The van der Waals surface area contributed by atoms with Gasteiger partial charge in [-0.05, 0) is 20.3 Å². The maximum atomic E-state index is 11.8. The van der Waals surface area contributed by atoms with Crippen molar-refractivity contribution in [3.8, 4) is 0 Å². The number of amides is 2. The minimum absolute atomic E-state index is 0.0378. The Morgan fingerprint density at radius 2 is 1.82 bits per heavy atom. The second kappa shape index (κ2) is 6.85. The molecule has 0 aromatic carbocycles. The van der Waals surface area contributed by atoms with Crippen molar-refractivity contribution in [1.29, 1.82) is 0 Å². The fourth-order valence-electron chi connectivity index (χ4n) is 1.30. The van der Waals surface area contributed by atoms with Gasteiger partial charge in [-0.1, -0.05) is 0 Å². The molecule has 1 unspecified atom stereocenters. The molecule has 0 spiro atoms. The van der Waals surface area contributed by atoms with E-state index in [0.717, 1.165) is 0 Å². The van der Waals surface area contributed by atoms with E-state index in [4.69, 9.17) is 16.6 Å². The highest BCUT2D eigenvalue weighted by Gasteiger charge is 2.24. The molecule has 7 heteroatoms. The van der Waals surface area contributed by atoms with Gasteiger partial charge in [0.2, 0.25) is 11.8 Å². The number of hydrogen-bond donors (Lipinski definition) is 3. The number of carboxylic acids is 1. The summed E-state index contributed by atoms with van der Waals surface area (Å²) in [5.41, 5.74) is 10.6. The molecule has 0 heterocycles. The third-order valence-electron chi connectivity index (χ3n) is 2.22. The van der Waals surface area contributed by atoms with Gasteiger partial charge in [0, 0.05) is 12.5 Å². The van der Waals surface area contributed by atoms with Gasteiger partial charge in [0.25, 0.3) is 0 Å². The number of carbonyl (C=O) groups is 3. The van der Waals surface area contributed by atoms with Crippen molar-refractivity contribution in [1.82, 2.24) is 4.90 Å². The Bertz CT molecular complexity index is 304. The molecule has 0 aromatic rings. The standard InChI is InChI=1S/C10H19N3O4/c1-6(2)13(5-8(12)14)10(17)7(11)3-4-9(15)16/h6-7H,3-5,11H2,1-2H3,(H2,12,14)(H,15,16). The van der Waals surface area contributed by atoms with Crippen LogP contribution in [0, 0.1) is 0 Å². The summed E-state index contributed by atoms with van der Waals surface area (Å²) in [7, 11) is 0. The predicted molar refractivity (Wildman–Crippen MR) is 60.9 cm³/mol. The topological polar surface area (TPSA) is 127 Å². The highest BCUT2D eigenvalue weighted by Crippen LogP contribution is 2.04. The molecule has 0 aromatic heterocycles. The van der Waals surface area contributed by atoms with Crippen molar-refractivity contribution in [2.24, 2.45) is 11.5 Å². The summed E-state index contributed by atoms with van der Waals surface area (Å²) in [6, 6.07) is -1.14. The van der Waals surface area contributed by atoms with Crippen molar-refractivity contribution in [3.05, 3.63) is 0 Å². The number of nitrogens with two attached hydrogens (primary N) is 2. The van der Waals surface area contributed by atoms with Crippen LogP contribution >= 0.6 is 0 Å². The monoisotopic (exact) mass is 245 g/mol. The summed E-state index contributed by atoms with van der Waals surface area (Å²) in [6.07, 6.45) is -0.147. The summed E-state index contributed by atoms with van der Waals surface area (Å²) in [5, 5.41) is 8.48. The Labute approximate surface area is 99.7 Å². The zero-order valence-corrected chi connectivity index (χ0v) is 10.0. The summed E-state index contributed by atoms with van der Waals surface area (Å²) >= 11 is 0. The number of primary amides is 1. The fraction of sp³-hybridized carbons (Fsp3) is 0.700. The Hall–Kier alpha value is -1.63. The van der Waals surface area contributed by atoms with Crippen LogP contribution in [0.1, 0.15) is 26.7 Å². The van der Waals surface area contributed by atoms with E-state index in [-0.39, 0.29) is 25.4 Å². The molecule has 2 amide bonds. The van der Waals surface area contributed by atoms with Crippen LogP contribution in [-0.2, 0) is 14.4 Å². The zero-order chi connectivity index (χ0) is 13.6. The Morgan fingerprint density at radius 3 is 2.18 bits per heavy atom. The van der Waals surface area contributed by atoms with Crippen LogP contribution < -0.4 is 11.5 Å². The van der Waals surface area contributed by atoms with Gasteiger partial charge in [-0.15, -0.1) is 0 Å². The van der Waals surface area contributed by atoms with Gasteiger partial charge >= 0.3 is 5.97 Å². The van der Waals surface area contributed by atoms with Crippen molar-refractivity contribution < 1.29 is 19.5 Å². The number of hydrogen-bond acceptors (Lipinski definition) is 4. The van der Waals surface area contributed by atoms with Gasteiger partial charge in [-0.25, -0.2) is 0 Å². The molecule has 0 fully saturated rings. The predicted octanol–water partition coefficient (Wildman–Crippen LogP) is -1.10. The molecule has 5 N–H and O–H groups in total.